The van der Waals surface area contributed by atoms with Crippen LogP contribution in [0, 0.1) is 5.82 Å². The topological polar surface area (TPSA) is 56.0 Å². The third-order valence-electron chi connectivity index (χ3n) is 1.58. The van der Waals surface area contributed by atoms with E-state index in [1.807, 2.05) is 0 Å². The fourth-order valence-corrected chi connectivity index (χ4v) is 1.84. The number of benzene rings is 1. The molecule has 1 aromatic heterocycles. The standard InChI is InChI=1S/C8H5FN2OS/c9-4-2-1-3-5-6(4)13-8(11-5)7(10)12/h1-3H,(H2,10,12). The van der Waals surface area contributed by atoms with Crippen LogP contribution in [0.5, 0.6) is 0 Å². The van der Waals surface area contributed by atoms with E-state index in [-0.39, 0.29) is 10.8 Å². The van der Waals surface area contributed by atoms with Crippen molar-refractivity contribution in [3.8, 4) is 0 Å². The molecule has 0 saturated carbocycles. The van der Waals surface area contributed by atoms with E-state index in [0.717, 1.165) is 11.3 Å². The van der Waals surface area contributed by atoms with Crippen LogP contribution >= 0.6 is 11.3 Å². The van der Waals surface area contributed by atoms with Crippen LogP contribution in [-0.4, -0.2) is 10.9 Å². The molecule has 13 heavy (non-hydrogen) atoms. The molecule has 0 aliphatic heterocycles. The fraction of sp³-hybridized carbons (Fsp3) is 0. The molecule has 2 rings (SSSR count). The van der Waals surface area contributed by atoms with Crippen LogP contribution in [0.15, 0.2) is 18.2 Å². The Hall–Kier alpha value is -1.49. The van der Waals surface area contributed by atoms with Gasteiger partial charge >= 0.3 is 0 Å². The quantitative estimate of drug-likeness (QED) is 0.752. The van der Waals surface area contributed by atoms with Gasteiger partial charge in [-0.05, 0) is 12.1 Å². The Morgan fingerprint density at radius 2 is 2.31 bits per heavy atom. The highest BCUT2D eigenvalue weighted by Gasteiger charge is 2.10. The van der Waals surface area contributed by atoms with Crippen molar-refractivity contribution < 1.29 is 9.18 Å². The highest BCUT2D eigenvalue weighted by Crippen LogP contribution is 2.24. The summed E-state index contributed by atoms with van der Waals surface area (Å²) in [7, 11) is 0. The van der Waals surface area contributed by atoms with Gasteiger partial charge in [-0.3, -0.25) is 4.79 Å². The number of nitrogens with zero attached hydrogens (tertiary/aromatic N) is 1. The second kappa shape index (κ2) is 2.77. The summed E-state index contributed by atoms with van der Waals surface area (Å²) in [6.07, 6.45) is 0. The number of thiazole rings is 1. The van der Waals surface area contributed by atoms with Gasteiger partial charge in [-0.25, -0.2) is 9.37 Å². The van der Waals surface area contributed by atoms with E-state index in [0.29, 0.717) is 10.2 Å². The predicted molar refractivity (Wildman–Crippen MR) is 48.1 cm³/mol. The first kappa shape index (κ1) is 8.12. The molecule has 0 radical (unpaired) electrons. The molecule has 0 unspecified atom stereocenters. The summed E-state index contributed by atoms with van der Waals surface area (Å²) in [5.41, 5.74) is 5.49. The minimum absolute atomic E-state index is 0.139. The summed E-state index contributed by atoms with van der Waals surface area (Å²) >= 11 is 0.971. The molecule has 0 atom stereocenters. The van der Waals surface area contributed by atoms with E-state index in [1.54, 1.807) is 12.1 Å². The summed E-state index contributed by atoms with van der Waals surface area (Å²) in [6.45, 7) is 0. The zero-order valence-electron chi connectivity index (χ0n) is 6.45. The predicted octanol–water partition coefficient (Wildman–Crippen LogP) is 1.53. The monoisotopic (exact) mass is 196 g/mol. The molecule has 66 valence electrons. The third kappa shape index (κ3) is 1.27. The van der Waals surface area contributed by atoms with E-state index < -0.39 is 5.91 Å². The van der Waals surface area contributed by atoms with Crippen LogP contribution in [0.2, 0.25) is 0 Å². The molecule has 3 nitrogen and oxygen atoms in total. The first-order valence-electron chi connectivity index (χ1n) is 3.53. The second-order valence-corrected chi connectivity index (χ2v) is 3.47. The van der Waals surface area contributed by atoms with Gasteiger partial charge in [-0.1, -0.05) is 6.07 Å². The Labute approximate surface area is 77.0 Å². The van der Waals surface area contributed by atoms with Crippen molar-refractivity contribution in [2.45, 2.75) is 0 Å². The molecule has 0 spiro atoms. The molecular weight excluding hydrogens is 191 g/mol. The van der Waals surface area contributed by atoms with Crippen LogP contribution in [-0.2, 0) is 0 Å². The van der Waals surface area contributed by atoms with Crippen molar-refractivity contribution in [1.82, 2.24) is 4.98 Å². The van der Waals surface area contributed by atoms with E-state index in [1.165, 1.54) is 6.07 Å². The first-order chi connectivity index (χ1) is 6.18. The van der Waals surface area contributed by atoms with E-state index >= 15 is 0 Å². The van der Waals surface area contributed by atoms with Crippen molar-refractivity contribution in [1.29, 1.82) is 0 Å². The number of rotatable bonds is 1. The second-order valence-electron chi connectivity index (χ2n) is 2.47. The maximum atomic E-state index is 13.1. The Balaban J connectivity index is 2.75. The van der Waals surface area contributed by atoms with Gasteiger partial charge in [0, 0.05) is 0 Å². The van der Waals surface area contributed by atoms with Gasteiger partial charge in [0.05, 0.1) is 10.2 Å². The van der Waals surface area contributed by atoms with Gasteiger partial charge < -0.3 is 5.73 Å². The zero-order chi connectivity index (χ0) is 9.42. The van der Waals surface area contributed by atoms with Crippen molar-refractivity contribution in [2.24, 2.45) is 5.73 Å². The number of hydrogen-bond donors (Lipinski definition) is 1. The largest absolute Gasteiger partial charge is 0.364 e. The zero-order valence-corrected chi connectivity index (χ0v) is 7.27. The molecular formula is C8H5FN2OS. The Morgan fingerprint density at radius 1 is 1.54 bits per heavy atom. The van der Waals surface area contributed by atoms with Crippen molar-refractivity contribution in [3.63, 3.8) is 0 Å². The van der Waals surface area contributed by atoms with E-state index in [4.69, 9.17) is 5.73 Å². The fourth-order valence-electron chi connectivity index (χ4n) is 1.02. The lowest BCUT2D eigenvalue weighted by atomic mass is 10.3. The molecule has 2 aromatic rings. The van der Waals surface area contributed by atoms with Gasteiger partial charge in [-0.2, -0.15) is 0 Å². The average molecular weight is 196 g/mol. The number of halogens is 1. The van der Waals surface area contributed by atoms with Gasteiger partial charge in [0.15, 0.2) is 5.01 Å². The Morgan fingerprint density at radius 3 is 2.92 bits per heavy atom. The summed E-state index contributed by atoms with van der Waals surface area (Å²) < 4.78 is 13.5. The lowest BCUT2D eigenvalue weighted by Crippen LogP contribution is -2.09. The number of fused-ring (bicyclic) bond motifs is 1. The Bertz CT molecular complexity index is 480. The van der Waals surface area contributed by atoms with Gasteiger partial charge in [0.25, 0.3) is 5.91 Å². The molecule has 0 saturated heterocycles. The third-order valence-corrected chi connectivity index (χ3v) is 2.67. The number of nitrogens with two attached hydrogens (primary N) is 1. The molecule has 1 heterocycles. The normalized spacial score (nSPS) is 10.5. The first-order valence-corrected chi connectivity index (χ1v) is 4.35. The number of primary amides is 1. The van der Waals surface area contributed by atoms with Crippen molar-refractivity contribution >= 4 is 27.5 Å². The molecule has 2 N–H and O–H groups in total. The summed E-state index contributed by atoms with van der Waals surface area (Å²) in [5, 5.41) is 0.139. The van der Waals surface area contributed by atoms with Gasteiger partial charge in [-0.15, -0.1) is 11.3 Å². The molecule has 0 fully saturated rings. The van der Waals surface area contributed by atoms with Crippen molar-refractivity contribution in [3.05, 3.63) is 29.0 Å². The smallest absolute Gasteiger partial charge is 0.277 e. The van der Waals surface area contributed by atoms with Crippen molar-refractivity contribution in [2.75, 3.05) is 0 Å². The maximum absolute atomic E-state index is 13.1. The minimum Gasteiger partial charge on any atom is -0.364 e. The summed E-state index contributed by atoms with van der Waals surface area (Å²) in [6, 6.07) is 4.51. The molecule has 0 aliphatic carbocycles. The highest BCUT2D eigenvalue weighted by atomic mass is 32.1. The molecule has 0 bridgehead atoms. The molecule has 5 heteroatoms. The van der Waals surface area contributed by atoms with Crippen LogP contribution in [0.1, 0.15) is 9.80 Å². The lowest BCUT2D eigenvalue weighted by molar-refractivity contribution is 0.1000. The number of hydrogen-bond acceptors (Lipinski definition) is 3. The highest BCUT2D eigenvalue weighted by molar-refractivity contribution is 7.20. The minimum atomic E-state index is -0.624. The molecule has 1 amide bonds. The number of amides is 1. The number of carbonyl (C=O) groups is 1. The SMILES string of the molecule is NC(=O)c1nc2cccc(F)c2s1. The molecule has 1 aromatic carbocycles. The van der Waals surface area contributed by atoms with E-state index in [2.05, 4.69) is 4.98 Å². The number of carbonyl (C=O) groups excluding carboxylic acids is 1. The maximum Gasteiger partial charge on any atom is 0.277 e. The van der Waals surface area contributed by atoms with Crippen LogP contribution in [0.3, 0.4) is 0 Å². The van der Waals surface area contributed by atoms with Gasteiger partial charge in [0.2, 0.25) is 0 Å². The Kier molecular flexibility index (Phi) is 1.73. The van der Waals surface area contributed by atoms with Gasteiger partial charge in [0.1, 0.15) is 5.82 Å². The van der Waals surface area contributed by atoms with E-state index in [9.17, 15) is 9.18 Å². The van der Waals surface area contributed by atoms with Crippen LogP contribution in [0.4, 0.5) is 4.39 Å². The number of aromatic nitrogens is 1. The summed E-state index contributed by atoms with van der Waals surface area (Å²) in [5.74, 6) is -0.997. The average Bonchev–Trinajstić information content (AvgIpc) is 2.49. The van der Waals surface area contributed by atoms with Crippen LogP contribution < -0.4 is 5.73 Å². The molecule has 0 aliphatic rings. The van der Waals surface area contributed by atoms with Crippen LogP contribution in [0.25, 0.3) is 10.2 Å². The lowest BCUT2D eigenvalue weighted by Gasteiger charge is -1.86. The summed E-state index contributed by atoms with van der Waals surface area (Å²) in [4.78, 5) is 14.6.